The molecule has 0 aliphatic carbocycles. The Hall–Kier alpha value is -1.13. The van der Waals surface area contributed by atoms with Crippen LogP contribution in [0, 0.1) is 16.7 Å². The van der Waals surface area contributed by atoms with Crippen molar-refractivity contribution in [3.05, 3.63) is 0 Å². The van der Waals surface area contributed by atoms with Crippen molar-refractivity contribution in [2.45, 2.75) is 20.3 Å². The Kier molecular flexibility index (Phi) is 5.41. The first kappa shape index (κ1) is 14.9. The summed E-state index contributed by atoms with van der Waals surface area (Å²) in [5, 5.41) is 11.3. The van der Waals surface area contributed by atoms with E-state index in [0.717, 1.165) is 6.26 Å². The molecule has 0 spiro atoms. The summed E-state index contributed by atoms with van der Waals surface area (Å²) in [6.45, 7) is 3.59. The molecule has 0 aliphatic rings. The molecule has 0 saturated heterocycles. The molecule has 1 atom stereocenters. The number of sulfonamides is 1. The van der Waals surface area contributed by atoms with E-state index in [4.69, 9.17) is 5.26 Å². The monoisotopic (exact) mass is 247 g/mol. The van der Waals surface area contributed by atoms with Gasteiger partial charge in [0.05, 0.1) is 12.3 Å². The molecular formula is C9H17N3O3S. The van der Waals surface area contributed by atoms with Gasteiger partial charge in [-0.25, -0.2) is 13.1 Å². The van der Waals surface area contributed by atoms with Crippen molar-refractivity contribution in [3.63, 3.8) is 0 Å². The van der Waals surface area contributed by atoms with Gasteiger partial charge in [0, 0.05) is 13.1 Å². The molecule has 92 valence electrons. The van der Waals surface area contributed by atoms with Gasteiger partial charge in [0.1, 0.15) is 5.41 Å². The van der Waals surface area contributed by atoms with Crippen LogP contribution in [-0.2, 0) is 14.8 Å². The number of amides is 1. The molecule has 2 N–H and O–H groups in total. The Morgan fingerprint density at radius 1 is 1.44 bits per heavy atom. The van der Waals surface area contributed by atoms with Crippen LogP contribution in [0.2, 0.25) is 0 Å². The molecule has 1 unspecified atom stereocenters. The zero-order chi connectivity index (χ0) is 12.8. The summed E-state index contributed by atoms with van der Waals surface area (Å²) >= 11 is 0. The zero-order valence-electron chi connectivity index (χ0n) is 9.70. The first-order valence-corrected chi connectivity index (χ1v) is 6.78. The van der Waals surface area contributed by atoms with Crippen molar-refractivity contribution < 1.29 is 13.2 Å². The van der Waals surface area contributed by atoms with Crippen LogP contribution in [-0.4, -0.2) is 33.7 Å². The highest BCUT2D eigenvalue weighted by atomic mass is 32.2. The van der Waals surface area contributed by atoms with Crippen molar-refractivity contribution >= 4 is 15.9 Å². The second-order valence-corrected chi connectivity index (χ2v) is 5.55. The highest BCUT2D eigenvalue weighted by Crippen LogP contribution is 2.19. The fourth-order valence-electron chi connectivity index (χ4n) is 0.898. The first-order chi connectivity index (χ1) is 7.25. The van der Waals surface area contributed by atoms with Gasteiger partial charge in [0.15, 0.2) is 0 Å². The van der Waals surface area contributed by atoms with Gasteiger partial charge in [-0.1, -0.05) is 6.92 Å². The Morgan fingerprint density at radius 3 is 2.38 bits per heavy atom. The largest absolute Gasteiger partial charge is 0.353 e. The minimum atomic E-state index is -3.23. The number of nitrogens with one attached hydrogen (secondary N) is 2. The van der Waals surface area contributed by atoms with Crippen LogP contribution in [0.5, 0.6) is 0 Å². The molecule has 0 radical (unpaired) electrons. The summed E-state index contributed by atoms with van der Waals surface area (Å²) in [6.07, 6.45) is 1.45. The maximum absolute atomic E-state index is 11.5. The van der Waals surface area contributed by atoms with E-state index in [1.165, 1.54) is 0 Å². The Balaban J connectivity index is 4.06. The van der Waals surface area contributed by atoms with Gasteiger partial charge in [0.2, 0.25) is 15.9 Å². The number of carbonyl (C=O) groups is 1. The van der Waals surface area contributed by atoms with Crippen molar-refractivity contribution in [1.82, 2.24) is 10.0 Å². The lowest BCUT2D eigenvalue weighted by Gasteiger charge is -2.18. The SMILES string of the molecule is CCC(C)(C#N)C(=O)NCCNS(C)(=O)=O. The fourth-order valence-corrected chi connectivity index (χ4v) is 1.37. The molecule has 6 nitrogen and oxygen atoms in total. The van der Waals surface area contributed by atoms with E-state index in [9.17, 15) is 13.2 Å². The van der Waals surface area contributed by atoms with E-state index >= 15 is 0 Å². The highest BCUT2D eigenvalue weighted by Gasteiger charge is 2.30. The van der Waals surface area contributed by atoms with Gasteiger partial charge >= 0.3 is 0 Å². The Labute approximate surface area is 96.1 Å². The van der Waals surface area contributed by atoms with E-state index < -0.39 is 15.4 Å². The molecule has 0 aromatic heterocycles. The highest BCUT2D eigenvalue weighted by molar-refractivity contribution is 7.88. The molecule has 1 amide bonds. The molecule has 0 aromatic rings. The van der Waals surface area contributed by atoms with Crippen molar-refractivity contribution in [2.75, 3.05) is 19.3 Å². The Bertz CT molecular complexity index is 385. The third-order valence-corrected chi connectivity index (χ3v) is 2.96. The molecular weight excluding hydrogens is 230 g/mol. The van der Waals surface area contributed by atoms with E-state index in [1.54, 1.807) is 13.8 Å². The number of nitriles is 1. The van der Waals surface area contributed by atoms with Gasteiger partial charge in [-0.3, -0.25) is 4.79 Å². The standard InChI is InChI=1S/C9H17N3O3S/c1-4-9(2,7-10)8(13)11-5-6-12-16(3,14)15/h12H,4-6H2,1-3H3,(H,11,13). The van der Waals surface area contributed by atoms with Crippen molar-refractivity contribution in [2.24, 2.45) is 5.41 Å². The lowest BCUT2D eigenvalue weighted by atomic mass is 9.88. The van der Waals surface area contributed by atoms with Crippen LogP contribution >= 0.6 is 0 Å². The molecule has 0 aromatic carbocycles. The van der Waals surface area contributed by atoms with E-state index in [2.05, 4.69) is 10.0 Å². The molecule has 0 bridgehead atoms. The maximum atomic E-state index is 11.5. The first-order valence-electron chi connectivity index (χ1n) is 4.89. The zero-order valence-corrected chi connectivity index (χ0v) is 10.5. The van der Waals surface area contributed by atoms with Crippen LogP contribution in [0.4, 0.5) is 0 Å². The summed E-state index contributed by atoms with van der Waals surface area (Å²) in [5.41, 5.74) is -1.05. The topological polar surface area (TPSA) is 99.1 Å². The number of hydrogen-bond acceptors (Lipinski definition) is 4. The third-order valence-electron chi connectivity index (χ3n) is 2.23. The summed E-state index contributed by atoms with van der Waals surface area (Å²) in [7, 11) is -3.23. The van der Waals surface area contributed by atoms with Crippen LogP contribution in [0.1, 0.15) is 20.3 Å². The molecule has 0 aliphatic heterocycles. The molecule has 0 rings (SSSR count). The molecule has 7 heteroatoms. The molecule has 0 fully saturated rings. The number of rotatable bonds is 6. The second-order valence-electron chi connectivity index (χ2n) is 3.72. The normalized spacial score (nSPS) is 14.9. The molecule has 16 heavy (non-hydrogen) atoms. The number of hydrogen-bond donors (Lipinski definition) is 2. The smallest absolute Gasteiger partial charge is 0.240 e. The summed E-state index contributed by atoms with van der Waals surface area (Å²) in [4.78, 5) is 11.5. The third kappa shape index (κ3) is 5.09. The summed E-state index contributed by atoms with van der Waals surface area (Å²) in [5.74, 6) is -0.382. The average molecular weight is 247 g/mol. The van der Waals surface area contributed by atoms with Crippen molar-refractivity contribution in [3.8, 4) is 6.07 Å². The number of carbonyl (C=O) groups excluding carboxylic acids is 1. The van der Waals surface area contributed by atoms with Gasteiger partial charge in [-0.2, -0.15) is 5.26 Å². The minimum absolute atomic E-state index is 0.121. The molecule has 0 saturated carbocycles. The van der Waals surface area contributed by atoms with Gasteiger partial charge in [0.25, 0.3) is 0 Å². The lowest BCUT2D eigenvalue weighted by molar-refractivity contribution is -0.127. The minimum Gasteiger partial charge on any atom is -0.353 e. The van der Waals surface area contributed by atoms with Gasteiger partial charge in [-0.15, -0.1) is 0 Å². The summed E-state index contributed by atoms with van der Waals surface area (Å²) < 4.78 is 23.7. The van der Waals surface area contributed by atoms with Crippen LogP contribution < -0.4 is 10.0 Å². The van der Waals surface area contributed by atoms with Gasteiger partial charge in [-0.05, 0) is 13.3 Å². The number of nitrogens with zero attached hydrogens (tertiary/aromatic N) is 1. The second kappa shape index (κ2) is 5.82. The van der Waals surface area contributed by atoms with E-state index in [-0.39, 0.29) is 19.0 Å². The summed E-state index contributed by atoms with van der Waals surface area (Å²) in [6, 6.07) is 1.93. The van der Waals surface area contributed by atoms with Crippen molar-refractivity contribution in [1.29, 1.82) is 5.26 Å². The molecule has 0 heterocycles. The Morgan fingerprint density at radius 2 is 2.00 bits per heavy atom. The fraction of sp³-hybridized carbons (Fsp3) is 0.778. The van der Waals surface area contributed by atoms with Crippen LogP contribution in [0.25, 0.3) is 0 Å². The maximum Gasteiger partial charge on any atom is 0.240 e. The van der Waals surface area contributed by atoms with E-state index in [0.29, 0.717) is 6.42 Å². The van der Waals surface area contributed by atoms with Crippen LogP contribution in [0.3, 0.4) is 0 Å². The van der Waals surface area contributed by atoms with Gasteiger partial charge < -0.3 is 5.32 Å². The quantitative estimate of drug-likeness (QED) is 0.623. The lowest BCUT2D eigenvalue weighted by Crippen LogP contribution is -2.41. The van der Waals surface area contributed by atoms with Crippen LogP contribution in [0.15, 0.2) is 0 Å². The predicted octanol–water partition coefficient (Wildman–Crippen LogP) is -0.408. The average Bonchev–Trinajstić information content (AvgIpc) is 2.21. The predicted molar refractivity (Wildman–Crippen MR) is 59.9 cm³/mol. The van der Waals surface area contributed by atoms with E-state index in [1.807, 2.05) is 6.07 Å².